The Balaban J connectivity index is 2.43. The molecular formula is C19H28INO5S. The first-order valence-corrected chi connectivity index (χ1v) is 11.0. The molecule has 0 bridgehead atoms. The van der Waals surface area contributed by atoms with Gasteiger partial charge >= 0.3 is 5.97 Å². The molecular weight excluding hydrogens is 481 g/mol. The number of rotatable bonds is 8. The van der Waals surface area contributed by atoms with Gasteiger partial charge in [-0.25, -0.2) is 4.79 Å². The maximum Gasteiger partial charge on any atom is 0.350 e. The predicted molar refractivity (Wildman–Crippen MR) is 115 cm³/mol. The summed E-state index contributed by atoms with van der Waals surface area (Å²) < 4.78 is 16.6. The topological polar surface area (TPSA) is 65.1 Å². The fraction of sp³-hybridized carbons (Fsp3) is 0.684. The van der Waals surface area contributed by atoms with Crippen LogP contribution in [0.3, 0.4) is 0 Å². The fourth-order valence-corrected chi connectivity index (χ4v) is 5.30. The van der Waals surface area contributed by atoms with E-state index in [-0.39, 0.29) is 17.9 Å². The van der Waals surface area contributed by atoms with Gasteiger partial charge in [-0.3, -0.25) is 4.79 Å². The van der Waals surface area contributed by atoms with E-state index in [1.165, 1.54) is 18.4 Å². The summed E-state index contributed by atoms with van der Waals surface area (Å²) in [5, 5.41) is 0. The highest BCUT2D eigenvalue weighted by molar-refractivity contribution is 14.1. The highest BCUT2D eigenvalue weighted by atomic mass is 127. The summed E-state index contributed by atoms with van der Waals surface area (Å²) in [6.45, 7) is 2.89. The Morgan fingerprint density at radius 2 is 1.78 bits per heavy atom. The van der Waals surface area contributed by atoms with Crippen molar-refractivity contribution < 1.29 is 23.8 Å². The first-order valence-electron chi connectivity index (χ1n) is 9.11. The van der Waals surface area contributed by atoms with Crippen molar-refractivity contribution in [3.05, 3.63) is 13.8 Å². The molecule has 1 saturated carbocycles. The predicted octanol–water partition coefficient (Wildman–Crippen LogP) is 3.96. The zero-order chi connectivity index (χ0) is 20.0. The molecule has 2 rings (SSSR count). The molecule has 0 spiro atoms. The Bertz CT molecular complexity index is 636. The highest BCUT2D eigenvalue weighted by Gasteiger charge is 2.36. The Labute approximate surface area is 178 Å². The van der Waals surface area contributed by atoms with Crippen molar-refractivity contribution in [3.63, 3.8) is 0 Å². The van der Waals surface area contributed by atoms with Crippen molar-refractivity contribution in [1.82, 2.24) is 0 Å². The van der Waals surface area contributed by atoms with Gasteiger partial charge < -0.3 is 19.1 Å². The van der Waals surface area contributed by atoms with Crippen molar-refractivity contribution in [2.24, 2.45) is 11.8 Å². The Hall–Kier alpha value is -0.710. The van der Waals surface area contributed by atoms with E-state index < -0.39 is 5.97 Å². The molecule has 0 unspecified atom stereocenters. The molecule has 0 N–H and O–H groups in total. The normalized spacial score (nSPS) is 19.9. The molecule has 0 saturated heterocycles. The van der Waals surface area contributed by atoms with Gasteiger partial charge in [0, 0.05) is 20.1 Å². The SMILES string of the molecule is COCC(COC)N(C(=O)C1CCC(C)CC1)c1cc(I)sc1C(=O)OC. The highest BCUT2D eigenvalue weighted by Crippen LogP contribution is 2.37. The average Bonchev–Trinajstić information content (AvgIpc) is 3.03. The molecule has 152 valence electrons. The molecule has 1 aromatic rings. The van der Waals surface area contributed by atoms with E-state index in [4.69, 9.17) is 14.2 Å². The van der Waals surface area contributed by atoms with Crippen LogP contribution in [0.15, 0.2) is 6.07 Å². The molecule has 6 nitrogen and oxygen atoms in total. The van der Waals surface area contributed by atoms with Crippen molar-refractivity contribution in [3.8, 4) is 0 Å². The molecule has 27 heavy (non-hydrogen) atoms. The van der Waals surface area contributed by atoms with Gasteiger partial charge in [0.2, 0.25) is 5.91 Å². The Morgan fingerprint density at radius 3 is 2.30 bits per heavy atom. The summed E-state index contributed by atoms with van der Waals surface area (Å²) in [5.41, 5.74) is 0.596. The molecule has 0 radical (unpaired) electrons. The molecule has 1 aromatic heterocycles. The molecule has 0 aliphatic heterocycles. The van der Waals surface area contributed by atoms with Gasteiger partial charge in [0.25, 0.3) is 0 Å². The minimum Gasteiger partial charge on any atom is -0.465 e. The van der Waals surface area contributed by atoms with Crippen LogP contribution in [0.1, 0.15) is 42.3 Å². The summed E-state index contributed by atoms with van der Waals surface area (Å²) in [6.07, 6.45) is 3.85. The van der Waals surface area contributed by atoms with Crippen LogP contribution in [0, 0.1) is 14.7 Å². The first-order chi connectivity index (χ1) is 12.9. The number of hydrogen-bond acceptors (Lipinski definition) is 6. The van der Waals surface area contributed by atoms with Gasteiger partial charge in [0.05, 0.1) is 34.9 Å². The number of anilines is 1. The first kappa shape index (κ1) is 22.6. The zero-order valence-electron chi connectivity index (χ0n) is 16.3. The second kappa shape index (κ2) is 10.7. The summed E-state index contributed by atoms with van der Waals surface area (Å²) >= 11 is 3.50. The van der Waals surface area contributed by atoms with E-state index in [0.717, 1.165) is 28.6 Å². The third-order valence-corrected chi connectivity index (χ3v) is 6.86. The molecule has 1 heterocycles. The lowest BCUT2D eigenvalue weighted by molar-refractivity contribution is -0.124. The van der Waals surface area contributed by atoms with E-state index in [1.807, 2.05) is 6.07 Å². The van der Waals surface area contributed by atoms with Gasteiger partial charge in [0.1, 0.15) is 4.88 Å². The molecule has 0 atom stereocenters. The quantitative estimate of drug-likeness (QED) is 0.392. The third kappa shape index (κ3) is 5.65. The van der Waals surface area contributed by atoms with Gasteiger partial charge in [-0.05, 0) is 60.3 Å². The van der Waals surface area contributed by atoms with Crippen LogP contribution < -0.4 is 4.90 Å². The molecule has 0 aromatic carbocycles. The zero-order valence-corrected chi connectivity index (χ0v) is 19.3. The molecule has 1 fully saturated rings. The van der Waals surface area contributed by atoms with Crippen molar-refractivity contribution in [2.75, 3.05) is 39.4 Å². The number of thiophene rings is 1. The fourth-order valence-electron chi connectivity index (χ4n) is 3.55. The summed E-state index contributed by atoms with van der Waals surface area (Å²) in [7, 11) is 4.56. The largest absolute Gasteiger partial charge is 0.465 e. The van der Waals surface area contributed by atoms with Crippen molar-refractivity contribution in [1.29, 1.82) is 0 Å². The lowest BCUT2D eigenvalue weighted by Gasteiger charge is -2.35. The van der Waals surface area contributed by atoms with Gasteiger partial charge in [0.15, 0.2) is 0 Å². The van der Waals surface area contributed by atoms with E-state index in [9.17, 15) is 9.59 Å². The lowest BCUT2D eigenvalue weighted by Crippen LogP contribution is -2.49. The van der Waals surface area contributed by atoms with Crippen LogP contribution in [0.5, 0.6) is 0 Å². The third-order valence-electron chi connectivity index (χ3n) is 5.00. The maximum atomic E-state index is 13.5. The van der Waals surface area contributed by atoms with Crippen molar-refractivity contribution >= 4 is 51.5 Å². The number of nitrogens with zero attached hydrogens (tertiary/aromatic N) is 1. The van der Waals surface area contributed by atoms with Gasteiger partial charge in [-0.2, -0.15) is 0 Å². The molecule has 8 heteroatoms. The number of ether oxygens (including phenoxy) is 3. The summed E-state index contributed by atoms with van der Waals surface area (Å²) in [5.74, 6) is 0.228. The Kier molecular flexibility index (Phi) is 8.97. The van der Waals surface area contributed by atoms with Gasteiger partial charge in [-0.1, -0.05) is 6.92 Å². The number of carbonyl (C=O) groups excluding carboxylic acids is 2. The molecule has 1 amide bonds. The molecule has 1 aliphatic carbocycles. The van der Waals surface area contributed by atoms with E-state index in [2.05, 4.69) is 29.5 Å². The van der Waals surface area contributed by atoms with E-state index >= 15 is 0 Å². The van der Waals surface area contributed by atoms with Crippen LogP contribution in [-0.4, -0.2) is 52.5 Å². The number of hydrogen-bond donors (Lipinski definition) is 0. The second-order valence-electron chi connectivity index (χ2n) is 6.99. The number of methoxy groups -OCH3 is 3. The minimum atomic E-state index is -0.429. The second-order valence-corrected chi connectivity index (χ2v) is 9.93. The minimum absolute atomic E-state index is 0.0412. The molecule has 1 aliphatic rings. The van der Waals surface area contributed by atoms with Crippen LogP contribution in [0.4, 0.5) is 5.69 Å². The number of esters is 1. The number of halogens is 1. The van der Waals surface area contributed by atoms with E-state index in [1.54, 1.807) is 19.1 Å². The monoisotopic (exact) mass is 509 g/mol. The average molecular weight is 509 g/mol. The summed E-state index contributed by atoms with van der Waals surface area (Å²) in [6, 6.07) is 1.57. The van der Waals surface area contributed by atoms with E-state index in [0.29, 0.717) is 29.7 Å². The van der Waals surface area contributed by atoms with Crippen molar-refractivity contribution in [2.45, 2.75) is 38.6 Å². The smallest absolute Gasteiger partial charge is 0.350 e. The maximum absolute atomic E-state index is 13.5. The summed E-state index contributed by atoms with van der Waals surface area (Å²) in [4.78, 5) is 28.0. The standard InChI is InChI=1S/C19H28INO5S/c1-12-5-7-13(8-6-12)18(22)21(14(10-24-2)11-25-3)15-9-16(20)27-17(15)19(23)26-4/h9,12-14H,5-8,10-11H2,1-4H3. The van der Waals surface area contributed by atoms with Crippen LogP contribution in [-0.2, 0) is 19.0 Å². The number of amides is 1. The van der Waals surface area contributed by atoms with Crippen LogP contribution in [0.2, 0.25) is 0 Å². The van der Waals surface area contributed by atoms with Crippen LogP contribution >= 0.6 is 33.9 Å². The number of carbonyl (C=O) groups is 2. The lowest BCUT2D eigenvalue weighted by atomic mass is 9.82. The van der Waals surface area contributed by atoms with Gasteiger partial charge in [-0.15, -0.1) is 11.3 Å². The van der Waals surface area contributed by atoms with Crippen LogP contribution in [0.25, 0.3) is 0 Å². The Morgan fingerprint density at radius 1 is 1.19 bits per heavy atom.